The Kier molecular flexibility index (Phi) is 7.21. The Labute approximate surface area is 198 Å². The third kappa shape index (κ3) is 4.37. The second-order valence-electron chi connectivity index (χ2n) is 9.01. The van der Waals surface area contributed by atoms with Gasteiger partial charge in [0, 0.05) is 14.8 Å². The predicted octanol–water partition coefficient (Wildman–Crippen LogP) is 6.04. The summed E-state index contributed by atoms with van der Waals surface area (Å²) in [5.74, 6) is -0.00672. The molecule has 4 nitrogen and oxygen atoms in total. The van der Waals surface area contributed by atoms with E-state index in [2.05, 4.69) is 52.1 Å². The van der Waals surface area contributed by atoms with Gasteiger partial charge in [-0.1, -0.05) is 32.8 Å². The highest BCUT2D eigenvalue weighted by Crippen LogP contribution is 2.54. The molecule has 2 N–H and O–H groups in total. The van der Waals surface area contributed by atoms with Gasteiger partial charge in [-0.05, 0) is 89.4 Å². The lowest BCUT2D eigenvalue weighted by Gasteiger charge is -2.37. The Hall–Kier alpha value is -1.21. The summed E-state index contributed by atoms with van der Waals surface area (Å²) in [4.78, 5) is 16.2. The van der Waals surface area contributed by atoms with E-state index in [0.717, 1.165) is 53.8 Å². The fourth-order valence-corrected chi connectivity index (χ4v) is 6.90. The van der Waals surface area contributed by atoms with Crippen molar-refractivity contribution in [3.8, 4) is 0 Å². The Morgan fingerprint density at radius 1 is 1.26 bits per heavy atom. The zero-order valence-electron chi connectivity index (χ0n) is 18.5. The van der Waals surface area contributed by atoms with Crippen LogP contribution in [0.25, 0.3) is 0 Å². The van der Waals surface area contributed by atoms with Crippen molar-refractivity contribution in [2.24, 2.45) is 0 Å². The average Bonchev–Trinajstić information content (AvgIpc) is 3.47. The minimum Gasteiger partial charge on any atom is -0.390 e. The number of amides is 1. The molecule has 2 aliphatic rings. The Morgan fingerprint density at radius 2 is 1.97 bits per heavy atom. The maximum atomic E-state index is 12.7. The van der Waals surface area contributed by atoms with E-state index in [9.17, 15) is 9.90 Å². The van der Waals surface area contributed by atoms with Crippen molar-refractivity contribution >= 4 is 38.9 Å². The number of likely N-dealkylation sites (tertiary alicyclic amines) is 1. The molecule has 0 spiro atoms. The number of halogens is 1. The summed E-state index contributed by atoms with van der Waals surface area (Å²) in [5.41, 5.74) is 3.06. The molecule has 1 amide bonds. The standard InChI is InChI=1S/C25H33BrN2O2S/c1-3-9-25(10-4-2)19-16-20(26)21(27-22(29)14-17-8-7-13-31-17)15-18(19)23(24(25)30)28-11-5-6-12-28/h7-8,13,15-16,23-24,30H,3-6,9-12,14H2,1-2H3,(H,27,29). The number of aliphatic hydroxyl groups excluding tert-OH is 1. The van der Waals surface area contributed by atoms with E-state index in [1.807, 2.05) is 17.5 Å². The number of fused-ring (bicyclic) bond motifs is 1. The van der Waals surface area contributed by atoms with E-state index in [0.29, 0.717) is 6.42 Å². The third-order valence-electron chi connectivity index (χ3n) is 6.97. The van der Waals surface area contributed by atoms with E-state index in [1.54, 1.807) is 11.3 Å². The molecule has 168 valence electrons. The Bertz CT molecular complexity index is 902. The smallest absolute Gasteiger partial charge is 0.229 e. The van der Waals surface area contributed by atoms with E-state index < -0.39 is 6.10 Å². The second kappa shape index (κ2) is 9.74. The number of hydrogen-bond donors (Lipinski definition) is 2. The van der Waals surface area contributed by atoms with Gasteiger partial charge >= 0.3 is 0 Å². The van der Waals surface area contributed by atoms with Crippen LogP contribution in [0.1, 0.15) is 74.4 Å². The summed E-state index contributed by atoms with van der Waals surface area (Å²) in [5, 5.41) is 16.8. The van der Waals surface area contributed by atoms with Crippen LogP contribution in [0.15, 0.2) is 34.1 Å². The van der Waals surface area contributed by atoms with Crippen LogP contribution in [-0.4, -0.2) is 35.1 Å². The molecule has 1 aromatic carbocycles. The average molecular weight is 506 g/mol. The summed E-state index contributed by atoms with van der Waals surface area (Å²) in [6.45, 7) is 6.49. The van der Waals surface area contributed by atoms with Gasteiger partial charge in [0.25, 0.3) is 0 Å². The van der Waals surface area contributed by atoms with Gasteiger partial charge in [0.05, 0.1) is 24.3 Å². The van der Waals surface area contributed by atoms with Gasteiger partial charge in [0.15, 0.2) is 0 Å². The molecular weight excluding hydrogens is 472 g/mol. The van der Waals surface area contributed by atoms with Crippen LogP contribution in [0.3, 0.4) is 0 Å². The van der Waals surface area contributed by atoms with Gasteiger partial charge in [-0.25, -0.2) is 0 Å². The number of nitrogens with one attached hydrogen (secondary N) is 1. The van der Waals surface area contributed by atoms with Gasteiger partial charge in [-0.2, -0.15) is 0 Å². The van der Waals surface area contributed by atoms with E-state index in [1.165, 1.54) is 24.0 Å². The predicted molar refractivity (Wildman–Crippen MR) is 132 cm³/mol. The summed E-state index contributed by atoms with van der Waals surface area (Å²) < 4.78 is 0.900. The minimum absolute atomic E-state index is 0.00672. The topological polar surface area (TPSA) is 52.6 Å². The quantitative estimate of drug-likeness (QED) is 0.460. The lowest BCUT2D eigenvalue weighted by atomic mass is 9.72. The van der Waals surface area contributed by atoms with Crippen LogP contribution in [0.4, 0.5) is 5.69 Å². The van der Waals surface area contributed by atoms with E-state index >= 15 is 0 Å². The van der Waals surface area contributed by atoms with Crippen LogP contribution in [-0.2, 0) is 16.6 Å². The molecule has 2 heterocycles. The van der Waals surface area contributed by atoms with E-state index in [4.69, 9.17) is 0 Å². The highest BCUT2D eigenvalue weighted by molar-refractivity contribution is 9.10. The second-order valence-corrected chi connectivity index (χ2v) is 10.9. The molecule has 1 aliphatic heterocycles. The van der Waals surface area contributed by atoms with Crippen molar-refractivity contribution in [2.75, 3.05) is 18.4 Å². The van der Waals surface area contributed by atoms with Crippen molar-refractivity contribution in [1.82, 2.24) is 4.90 Å². The lowest BCUT2D eigenvalue weighted by molar-refractivity contribution is -0.115. The van der Waals surface area contributed by atoms with Crippen molar-refractivity contribution in [2.45, 2.75) is 76.4 Å². The molecule has 31 heavy (non-hydrogen) atoms. The lowest BCUT2D eigenvalue weighted by Crippen LogP contribution is -2.42. The number of aliphatic hydroxyl groups is 1. The number of rotatable bonds is 8. The van der Waals surface area contributed by atoms with Crippen molar-refractivity contribution < 1.29 is 9.90 Å². The van der Waals surface area contributed by atoms with Crippen molar-refractivity contribution in [3.05, 3.63) is 50.1 Å². The summed E-state index contributed by atoms with van der Waals surface area (Å²) >= 11 is 5.33. The first kappa shape index (κ1) is 23.0. The van der Waals surface area contributed by atoms with Crippen LogP contribution >= 0.6 is 27.3 Å². The zero-order valence-corrected chi connectivity index (χ0v) is 20.9. The van der Waals surface area contributed by atoms with Gasteiger partial charge in [-0.15, -0.1) is 11.3 Å². The Balaban J connectivity index is 1.71. The SMILES string of the molecule is CCCC1(CCC)c2cc(Br)c(NC(=O)Cc3cccs3)cc2C(N2CCCC2)C1O. The molecule has 0 radical (unpaired) electrons. The number of nitrogens with zero attached hydrogens (tertiary/aromatic N) is 1. The largest absolute Gasteiger partial charge is 0.390 e. The summed E-state index contributed by atoms with van der Waals surface area (Å²) in [7, 11) is 0. The molecule has 0 bridgehead atoms. The number of carbonyl (C=O) groups is 1. The van der Waals surface area contributed by atoms with Crippen molar-refractivity contribution in [1.29, 1.82) is 0 Å². The molecule has 4 rings (SSSR count). The normalized spacial score (nSPS) is 22.6. The summed E-state index contributed by atoms with van der Waals surface area (Å²) in [6, 6.07) is 8.29. The van der Waals surface area contributed by atoms with Crippen LogP contribution < -0.4 is 5.32 Å². The highest BCUT2D eigenvalue weighted by Gasteiger charge is 2.52. The molecular formula is C25H33BrN2O2S. The van der Waals surface area contributed by atoms with Gasteiger partial charge < -0.3 is 10.4 Å². The Morgan fingerprint density at radius 3 is 2.58 bits per heavy atom. The van der Waals surface area contributed by atoms with Gasteiger partial charge in [0.2, 0.25) is 5.91 Å². The van der Waals surface area contributed by atoms with Crippen molar-refractivity contribution in [3.63, 3.8) is 0 Å². The van der Waals surface area contributed by atoms with Gasteiger partial charge in [-0.3, -0.25) is 9.69 Å². The fraction of sp³-hybridized carbons (Fsp3) is 0.560. The number of benzene rings is 1. The monoisotopic (exact) mass is 504 g/mol. The molecule has 0 saturated carbocycles. The first-order valence-electron chi connectivity index (χ1n) is 11.6. The molecule has 6 heteroatoms. The van der Waals surface area contributed by atoms with Gasteiger partial charge in [0.1, 0.15) is 0 Å². The number of thiophene rings is 1. The first-order valence-corrected chi connectivity index (χ1v) is 13.3. The van der Waals surface area contributed by atoms with Crippen LogP contribution in [0.2, 0.25) is 0 Å². The third-order valence-corrected chi connectivity index (χ3v) is 8.51. The summed E-state index contributed by atoms with van der Waals surface area (Å²) in [6.07, 6.45) is 6.40. The van der Waals surface area contributed by atoms with Crippen LogP contribution in [0, 0.1) is 0 Å². The first-order chi connectivity index (χ1) is 15.0. The number of hydrogen-bond acceptors (Lipinski definition) is 4. The molecule has 2 unspecified atom stereocenters. The molecule has 2 atom stereocenters. The van der Waals surface area contributed by atoms with E-state index in [-0.39, 0.29) is 17.4 Å². The molecule has 1 aliphatic carbocycles. The maximum absolute atomic E-state index is 12.7. The molecule has 2 aromatic rings. The molecule has 1 fully saturated rings. The van der Waals surface area contributed by atoms with Crippen LogP contribution in [0.5, 0.6) is 0 Å². The number of carbonyl (C=O) groups excluding carboxylic acids is 1. The zero-order chi connectivity index (χ0) is 22.0. The number of anilines is 1. The molecule has 1 saturated heterocycles. The molecule has 1 aromatic heterocycles. The fourth-order valence-electron chi connectivity index (χ4n) is 5.76. The highest BCUT2D eigenvalue weighted by atomic mass is 79.9. The maximum Gasteiger partial charge on any atom is 0.229 e. The minimum atomic E-state index is -0.413.